The van der Waals surface area contributed by atoms with Gasteiger partial charge in [-0.2, -0.15) is 5.10 Å². The number of anilines is 1. The molecule has 0 aliphatic rings. The van der Waals surface area contributed by atoms with E-state index in [2.05, 4.69) is 45.4 Å². The molecule has 0 fully saturated rings. The van der Waals surface area contributed by atoms with Gasteiger partial charge in [0.1, 0.15) is 11.4 Å². The fourth-order valence-electron chi connectivity index (χ4n) is 2.63. The summed E-state index contributed by atoms with van der Waals surface area (Å²) in [7, 11) is 0. The van der Waals surface area contributed by atoms with Crippen molar-refractivity contribution in [1.29, 1.82) is 0 Å². The third-order valence-corrected chi connectivity index (χ3v) is 4.11. The lowest BCUT2D eigenvalue weighted by Gasteiger charge is -2.03. The molecule has 4 rings (SSSR count). The molecule has 0 radical (unpaired) electrons. The molecule has 3 N–H and O–H groups in total. The number of carbonyl (C=O) groups excluding carboxylic acids is 1. The molecule has 2 aromatic heterocycles. The molecule has 4 aromatic rings. The first-order valence-corrected chi connectivity index (χ1v) is 8.15. The Hall–Kier alpha value is -3.61. The van der Waals surface area contributed by atoms with E-state index in [0.717, 1.165) is 11.0 Å². The van der Waals surface area contributed by atoms with Crippen LogP contribution in [0.15, 0.2) is 48.5 Å². The summed E-state index contributed by atoms with van der Waals surface area (Å²) in [5.74, 6) is 1.47. The summed E-state index contributed by atoms with van der Waals surface area (Å²) in [6.07, 6.45) is -0.606. The predicted molar refractivity (Wildman–Crippen MR) is 99.2 cm³/mol. The number of hydrogen-bond donors (Lipinski definition) is 3. The van der Waals surface area contributed by atoms with Gasteiger partial charge >= 0.3 is 6.09 Å². The Labute approximate surface area is 149 Å². The topological polar surface area (TPSA) is 95.7 Å². The van der Waals surface area contributed by atoms with Crippen LogP contribution in [0, 0.1) is 13.8 Å². The number of benzene rings is 2. The average Bonchev–Trinajstić information content (AvgIpc) is 3.23. The zero-order valence-corrected chi connectivity index (χ0v) is 14.3. The number of aryl methyl sites for hydroxylation is 2. The molecule has 0 atom stereocenters. The van der Waals surface area contributed by atoms with Crippen LogP contribution >= 0.6 is 0 Å². The molecule has 0 saturated carbocycles. The summed E-state index contributed by atoms with van der Waals surface area (Å²) in [4.78, 5) is 19.8. The van der Waals surface area contributed by atoms with Crippen molar-refractivity contribution in [2.75, 3.05) is 5.32 Å². The lowest BCUT2D eigenvalue weighted by atomic mass is 10.1. The van der Waals surface area contributed by atoms with Gasteiger partial charge < -0.3 is 9.72 Å². The molecule has 0 bridgehead atoms. The van der Waals surface area contributed by atoms with Crippen molar-refractivity contribution in [2.24, 2.45) is 0 Å². The Morgan fingerprint density at radius 2 is 1.85 bits per heavy atom. The third kappa shape index (κ3) is 3.14. The Morgan fingerprint density at radius 3 is 2.65 bits per heavy atom. The fraction of sp³-hybridized carbons (Fsp3) is 0.105. The highest BCUT2D eigenvalue weighted by atomic mass is 16.6. The molecule has 0 saturated heterocycles. The van der Waals surface area contributed by atoms with Gasteiger partial charge in [-0.15, -0.1) is 0 Å². The predicted octanol–water partition coefficient (Wildman–Crippen LogP) is 4.18. The quantitative estimate of drug-likeness (QED) is 0.518. The Bertz CT molecular complexity index is 1040. The summed E-state index contributed by atoms with van der Waals surface area (Å²) in [5, 5.41) is 9.54. The SMILES string of the molecule is Cc1cc2nc(-c3cc(NC(=O)Oc4ccccc4)n[nH]3)[nH]c2cc1C. The van der Waals surface area contributed by atoms with Crippen molar-refractivity contribution in [3.63, 3.8) is 0 Å². The van der Waals surface area contributed by atoms with Gasteiger partial charge in [0.25, 0.3) is 0 Å². The van der Waals surface area contributed by atoms with Crippen molar-refractivity contribution in [3.05, 3.63) is 59.7 Å². The van der Waals surface area contributed by atoms with Crippen molar-refractivity contribution >= 4 is 22.9 Å². The number of aromatic nitrogens is 4. The zero-order chi connectivity index (χ0) is 18.1. The van der Waals surface area contributed by atoms with Crippen LogP contribution in [0.2, 0.25) is 0 Å². The number of imidazole rings is 1. The molecule has 2 heterocycles. The van der Waals surface area contributed by atoms with E-state index < -0.39 is 6.09 Å². The normalized spacial score (nSPS) is 10.8. The average molecular weight is 347 g/mol. The highest BCUT2D eigenvalue weighted by molar-refractivity contribution is 5.86. The van der Waals surface area contributed by atoms with E-state index in [1.54, 1.807) is 30.3 Å². The number of carbonyl (C=O) groups is 1. The number of rotatable bonds is 3. The molecule has 1 amide bonds. The molecule has 0 aliphatic heterocycles. The number of nitrogens with zero attached hydrogens (tertiary/aromatic N) is 2. The first-order valence-electron chi connectivity index (χ1n) is 8.15. The van der Waals surface area contributed by atoms with Crippen LogP contribution in [0.4, 0.5) is 10.6 Å². The molecular weight excluding hydrogens is 330 g/mol. The van der Waals surface area contributed by atoms with Crippen LogP contribution in [-0.2, 0) is 0 Å². The van der Waals surface area contributed by atoms with Crippen molar-refractivity contribution < 1.29 is 9.53 Å². The van der Waals surface area contributed by atoms with Crippen LogP contribution in [0.5, 0.6) is 5.75 Å². The van der Waals surface area contributed by atoms with Gasteiger partial charge in [0, 0.05) is 6.07 Å². The van der Waals surface area contributed by atoms with Crippen LogP contribution < -0.4 is 10.1 Å². The van der Waals surface area contributed by atoms with Crippen molar-refractivity contribution in [2.45, 2.75) is 13.8 Å². The first kappa shape index (κ1) is 15.9. The molecule has 7 nitrogen and oxygen atoms in total. The summed E-state index contributed by atoms with van der Waals surface area (Å²) in [6.45, 7) is 4.12. The zero-order valence-electron chi connectivity index (χ0n) is 14.3. The largest absolute Gasteiger partial charge is 0.418 e. The lowest BCUT2D eigenvalue weighted by Crippen LogP contribution is -2.16. The second-order valence-corrected chi connectivity index (χ2v) is 6.03. The minimum atomic E-state index is -0.606. The van der Waals surface area contributed by atoms with E-state index in [1.807, 2.05) is 12.1 Å². The van der Waals surface area contributed by atoms with Gasteiger partial charge in [-0.1, -0.05) is 18.2 Å². The second-order valence-electron chi connectivity index (χ2n) is 6.03. The van der Waals surface area contributed by atoms with Gasteiger partial charge in [-0.3, -0.25) is 10.4 Å². The molecule has 26 heavy (non-hydrogen) atoms. The summed E-state index contributed by atoms with van der Waals surface area (Å²) >= 11 is 0. The lowest BCUT2D eigenvalue weighted by molar-refractivity contribution is 0.215. The highest BCUT2D eigenvalue weighted by Crippen LogP contribution is 2.23. The molecular formula is C19H17N5O2. The second kappa shape index (κ2) is 6.36. The number of fused-ring (bicyclic) bond motifs is 1. The monoisotopic (exact) mass is 347 g/mol. The minimum Gasteiger partial charge on any atom is -0.410 e. The smallest absolute Gasteiger partial charge is 0.410 e. The molecule has 0 spiro atoms. The van der Waals surface area contributed by atoms with E-state index in [1.165, 1.54) is 11.1 Å². The highest BCUT2D eigenvalue weighted by Gasteiger charge is 2.12. The fourth-order valence-corrected chi connectivity index (χ4v) is 2.63. The number of para-hydroxylation sites is 1. The molecule has 2 aromatic carbocycles. The maximum Gasteiger partial charge on any atom is 0.418 e. The standard InChI is InChI=1S/C19H17N5O2/c1-11-8-14-15(9-12(11)2)21-18(20-14)16-10-17(24-23-16)22-19(25)26-13-6-4-3-5-7-13/h3-10H,1-2H3,(H,20,21)(H2,22,23,24,25). The molecule has 7 heteroatoms. The van der Waals surface area contributed by atoms with E-state index in [0.29, 0.717) is 23.1 Å². The van der Waals surface area contributed by atoms with Crippen LogP contribution in [0.3, 0.4) is 0 Å². The Kier molecular flexibility index (Phi) is 3.89. The third-order valence-electron chi connectivity index (χ3n) is 4.11. The van der Waals surface area contributed by atoms with Crippen LogP contribution in [0.25, 0.3) is 22.6 Å². The van der Waals surface area contributed by atoms with E-state index >= 15 is 0 Å². The maximum atomic E-state index is 11.9. The summed E-state index contributed by atoms with van der Waals surface area (Å²) in [5.41, 5.74) is 4.90. The Morgan fingerprint density at radius 1 is 1.08 bits per heavy atom. The van der Waals surface area contributed by atoms with Gasteiger partial charge in [0.15, 0.2) is 11.6 Å². The van der Waals surface area contributed by atoms with E-state index in [9.17, 15) is 4.79 Å². The van der Waals surface area contributed by atoms with Gasteiger partial charge in [0.2, 0.25) is 0 Å². The molecule has 0 aliphatic carbocycles. The van der Waals surface area contributed by atoms with E-state index in [4.69, 9.17) is 4.74 Å². The van der Waals surface area contributed by atoms with Gasteiger partial charge in [-0.25, -0.2) is 9.78 Å². The molecule has 130 valence electrons. The minimum absolute atomic E-state index is 0.355. The number of H-pyrrole nitrogens is 2. The number of nitrogens with one attached hydrogen (secondary N) is 3. The first-order chi connectivity index (χ1) is 12.6. The van der Waals surface area contributed by atoms with Crippen LogP contribution in [-0.4, -0.2) is 26.3 Å². The maximum absolute atomic E-state index is 11.9. The number of ether oxygens (including phenoxy) is 1. The Balaban J connectivity index is 1.52. The number of aromatic amines is 2. The van der Waals surface area contributed by atoms with E-state index in [-0.39, 0.29) is 0 Å². The summed E-state index contributed by atoms with van der Waals surface area (Å²) < 4.78 is 5.18. The van der Waals surface area contributed by atoms with Gasteiger partial charge in [-0.05, 0) is 49.2 Å². The summed E-state index contributed by atoms with van der Waals surface area (Å²) in [6, 6.07) is 14.6. The number of hydrogen-bond acceptors (Lipinski definition) is 4. The molecule has 0 unspecified atom stereocenters. The van der Waals surface area contributed by atoms with Crippen molar-refractivity contribution in [1.82, 2.24) is 20.2 Å². The van der Waals surface area contributed by atoms with Crippen molar-refractivity contribution in [3.8, 4) is 17.3 Å². The van der Waals surface area contributed by atoms with Gasteiger partial charge in [0.05, 0.1) is 11.0 Å². The number of amides is 1. The van der Waals surface area contributed by atoms with Crippen LogP contribution in [0.1, 0.15) is 11.1 Å².